The number of rotatable bonds is 7. The number of nitro groups is 1. The maximum atomic E-state index is 14.4. The van der Waals surface area contributed by atoms with E-state index in [0.717, 1.165) is 0 Å². The zero-order valence-corrected chi connectivity index (χ0v) is 23.9. The van der Waals surface area contributed by atoms with E-state index in [9.17, 15) is 14.9 Å². The molecule has 0 N–H and O–H groups in total. The number of carbonyl (C=O) groups excluding carboxylic acids is 1. The Kier molecular flexibility index (Phi) is 6.97. The molecule has 0 aromatic rings. The van der Waals surface area contributed by atoms with Gasteiger partial charge in [-0.3, -0.25) is 14.9 Å². The number of nitrogens with zero attached hydrogens (tertiary/aromatic N) is 1. The Hall–Kier alpha value is -0.486. The number of hydrogen-bond donors (Lipinski definition) is 0. The molecule has 0 aliphatic heterocycles. The van der Waals surface area contributed by atoms with E-state index >= 15 is 0 Å². The Morgan fingerprint density at radius 3 is 2.00 bits per heavy atom. The third kappa shape index (κ3) is 4.37. The molecule has 3 rings (SSSR count). The normalized spacial score (nSPS) is 31.9. The highest BCUT2D eigenvalue weighted by Crippen LogP contribution is 2.54. The highest BCUT2D eigenvalue weighted by molar-refractivity contribution is 7.98. The Balaban J connectivity index is 2.68. The quantitative estimate of drug-likeness (QED) is 0.199. The first-order chi connectivity index (χ1) is 13.8. The van der Waals surface area contributed by atoms with Gasteiger partial charge in [0.05, 0.1) is 0 Å². The van der Waals surface area contributed by atoms with Crippen molar-refractivity contribution in [1.82, 2.24) is 0 Å². The average Bonchev–Trinajstić information content (AvgIpc) is 2.56. The number of ketones is 1. The number of Topliss-reactive ketones (excluding diaryl/α,β-unsaturated/α-hetero) is 1. The van der Waals surface area contributed by atoms with E-state index in [1.54, 1.807) is 17.8 Å². The van der Waals surface area contributed by atoms with Crippen LogP contribution >= 0.6 is 11.8 Å². The SMILES string of the molecule is CSC[C@@]1(O[Si](C)(C)C(C)(C)C)C(=O)[C@@]2(O[Si](C)(C)C(C)(C)C)C=C[C@@H]1C[C@H]2[N+](=O)[O-]. The van der Waals surface area contributed by atoms with Crippen LogP contribution in [0.2, 0.25) is 36.3 Å². The van der Waals surface area contributed by atoms with Crippen LogP contribution in [0.4, 0.5) is 0 Å². The van der Waals surface area contributed by atoms with Gasteiger partial charge in [-0.2, -0.15) is 11.8 Å². The number of carbonyl (C=O) groups is 1. The smallest absolute Gasteiger partial charge is 0.252 e. The summed E-state index contributed by atoms with van der Waals surface area (Å²) in [6.45, 7) is 21.1. The van der Waals surface area contributed by atoms with Crippen LogP contribution in [0.3, 0.4) is 0 Å². The van der Waals surface area contributed by atoms with Crippen LogP contribution in [0, 0.1) is 16.0 Å². The number of thioether (sulfide) groups is 1. The molecule has 31 heavy (non-hydrogen) atoms. The van der Waals surface area contributed by atoms with Gasteiger partial charge in [0.15, 0.2) is 16.6 Å². The molecule has 0 radical (unpaired) electrons. The third-order valence-corrected chi connectivity index (χ3v) is 17.6. The van der Waals surface area contributed by atoms with Crippen molar-refractivity contribution in [3.8, 4) is 0 Å². The molecule has 3 aliphatic carbocycles. The van der Waals surface area contributed by atoms with E-state index in [4.69, 9.17) is 8.85 Å². The van der Waals surface area contributed by atoms with Crippen molar-refractivity contribution in [3.63, 3.8) is 0 Å². The van der Waals surface area contributed by atoms with Gasteiger partial charge in [-0.05, 0) is 48.6 Å². The lowest BCUT2D eigenvalue weighted by atomic mass is 9.61. The van der Waals surface area contributed by atoms with Gasteiger partial charge in [-0.1, -0.05) is 47.6 Å². The fraction of sp³-hybridized carbons (Fsp3) is 0.864. The van der Waals surface area contributed by atoms with E-state index in [2.05, 4.69) is 54.6 Å². The van der Waals surface area contributed by atoms with E-state index in [1.807, 2.05) is 25.4 Å². The molecule has 0 spiro atoms. The first-order valence-corrected chi connectivity index (χ1v) is 18.3. The minimum absolute atomic E-state index is 0.0882. The Morgan fingerprint density at radius 2 is 1.58 bits per heavy atom. The van der Waals surface area contributed by atoms with E-state index < -0.39 is 33.9 Å². The lowest BCUT2D eigenvalue weighted by Gasteiger charge is -2.57. The zero-order chi connectivity index (χ0) is 24.3. The maximum Gasteiger partial charge on any atom is 0.252 e. The van der Waals surface area contributed by atoms with Gasteiger partial charge >= 0.3 is 0 Å². The van der Waals surface area contributed by atoms with Crippen LogP contribution in [-0.4, -0.2) is 56.6 Å². The minimum Gasteiger partial charge on any atom is -0.403 e. The monoisotopic (exact) mass is 487 g/mol. The van der Waals surface area contributed by atoms with E-state index in [0.29, 0.717) is 5.75 Å². The molecule has 0 saturated heterocycles. The molecule has 0 heterocycles. The summed E-state index contributed by atoms with van der Waals surface area (Å²) in [5, 5.41) is 11.9. The number of hydrogen-bond acceptors (Lipinski definition) is 6. The third-order valence-electron chi connectivity index (χ3n) is 7.97. The molecule has 6 nitrogen and oxygen atoms in total. The average molecular weight is 488 g/mol. The summed E-state index contributed by atoms with van der Waals surface area (Å²) < 4.78 is 13.6. The van der Waals surface area contributed by atoms with Crippen molar-refractivity contribution in [2.45, 2.75) is 101 Å². The standard InChI is InChI=1S/C22H41NO5SSi2/c1-19(2,3)30(8,9)27-21-13-12-16(14-17(21)23(25)26)22(15-29-7,18(21)24)28-31(10,11)20(4,5)6/h12-13,16-17H,14-15H2,1-11H3/t16-,17-,21-,22+/m1/s1. The van der Waals surface area contributed by atoms with Crippen molar-refractivity contribution in [1.29, 1.82) is 0 Å². The second kappa shape index (κ2) is 8.07. The van der Waals surface area contributed by atoms with Crippen LogP contribution in [0.25, 0.3) is 0 Å². The van der Waals surface area contributed by atoms with Gasteiger partial charge in [0.2, 0.25) is 11.4 Å². The van der Waals surface area contributed by atoms with Crippen LogP contribution in [-0.2, 0) is 13.6 Å². The highest BCUT2D eigenvalue weighted by Gasteiger charge is 2.71. The molecule has 0 unspecified atom stereocenters. The fourth-order valence-corrected chi connectivity index (χ4v) is 7.97. The van der Waals surface area contributed by atoms with Gasteiger partial charge in [-0.15, -0.1) is 0 Å². The first kappa shape index (κ1) is 26.8. The van der Waals surface area contributed by atoms with Crippen LogP contribution in [0.15, 0.2) is 12.2 Å². The molecule has 178 valence electrons. The molecule has 1 saturated carbocycles. The maximum absolute atomic E-state index is 14.4. The summed E-state index contributed by atoms with van der Waals surface area (Å²) in [6, 6.07) is -1.08. The summed E-state index contributed by atoms with van der Waals surface area (Å²) in [6.07, 6.45) is 5.89. The van der Waals surface area contributed by atoms with E-state index in [-0.39, 0.29) is 33.1 Å². The summed E-state index contributed by atoms with van der Waals surface area (Å²) in [4.78, 5) is 26.2. The molecule has 3 aliphatic rings. The largest absolute Gasteiger partial charge is 0.403 e. The fourth-order valence-electron chi connectivity index (χ4n) is 4.05. The molecular formula is C22H41NO5SSi2. The van der Waals surface area contributed by atoms with Crippen molar-refractivity contribution in [2.24, 2.45) is 5.92 Å². The predicted molar refractivity (Wildman–Crippen MR) is 133 cm³/mol. The first-order valence-electron chi connectivity index (χ1n) is 11.0. The van der Waals surface area contributed by atoms with Crippen LogP contribution in [0.1, 0.15) is 48.0 Å². The lowest BCUT2D eigenvalue weighted by molar-refractivity contribution is -0.542. The Bertz CT molecular complexity index is 771. The molecule has 2 bridgehead atoms. The minimum atomic E-state index is -2.50. The molecular weight excluding hydrogens is 446 g/mol. The zero-order valence-electron chi connectivity index (χ0n) is 21.1. The van der Waals surface area contributed by atoms with Gasteiger partial charge in [0.1, 0.15) is 5.60 Å². The second-order valence-corrected chi connectivity index (χ2v) is 22.5. The molecule has 0 aromatic carbocycles. The summed E-state index contributed by atoms with van der Waals surface area (Å²) in [5.74, 6) is -0.0910. The summed E-state index contributed by atoms with van der Waals surface area (Å²) in [5.41, 5.74) is -2.66. The Morgan fingerprint density at radius 1 is 1.10 bits per heavy atom. The van der Waals surface area contributed by atoms with Crippen molar-refractivity contribution < 1.29 is 18.6 Å². The molecule has 0 aromatic heterocycles. The van der Waals surface area contributed by atoms with Gasteiger partial charge < -0.3 is 8.85 Å². The second-order valence-electron chi connectivity index (χ2n) is 12.2. The lowest BCUT2D eigenvalue weighted by Crippen LogP contribution is -2.75. The molecule has 4 atom stereocenters. The summed E-state index contributed by atoms with van der Waals surface area (Å²) in [7, 11) is -4.84. The van der Waals surface area contributed by atoms with Gasteiger partial charge in [-0.25, -0.2) is 0 Å². The molecule has 0 amide bonds. The van der Waals surface area contributed by atoms with Crippen LogP contribution in [0.5, 0.6) is 0 Å². The topological polar surface area (TPSA) is 78.7 Å². The van der Waals surface area contributed by atoms with E-state index in [1.165, 1.54) is 0 Å². The predicted octanol–water partition coefficient (Wildman–Crippen LogP) is 5.67. The van der Waals surface area contributed by atoms with Gasteiger partial charge in [0.25, 0.3) is 6.04 Å². The Labute approximate surface area is 194 Å². The van der Waals surface area contributed by atoms with Crippen molar-refractivity contribution in [2.75, 3.05) is 12.0 Å². The summed E-state index contributed by atoms with van der Waals surface area (Å²) >= 11 is 1.56. The molecule has 9 heteroatoms. The van der Waals surface area contributed by atoms with Gasteiger partial charge in [0, 0.05) is 23.0 Å². The number of fused-ring (bicyclic) bond motifs is 2. The highest BCUT2D eigenvalue weighted by atomic mass is 32.2. The molecule has 1 fully saturated rings. The van der Waals surface area contributed by atoms with Crippen molar-refractivity contribution in [3.05, 3.63) is 22.3 Å². The van der Waals surface area contributed by atoms with Crippen molar-refractivity contribution >= 4 is 34.2 Å². The van der Waals surface area contributed by atoms with Crippen LogP contribution < -0.4 is 0 Å².